The fourth-order valence-electron chi connectivity index (χ4n) is 1.78. The molecule has 4 heteroatoms. The molecule has 1 radical (unpaired) electrons. The molecule has 0 aliphatic carbocycles. The quantitative estimate of drug-likeness (QED) is 0.848. The molecule has 0 spiro atoms. The number of hydrogen-bond acceptors (Lipinski definition) is 3. The van der Waals surface area contributed by atoms with Gasteiger partial charge in [-0.1, -0.05) is 30.3 Å². The van der Waals surface area contributed by atoms with Crippen molar-refractivity contribution in [3.63, 3.8) is 0 Å². The van der Waals surface area contributed by atoms with Gasteiger partial charge >= 0.3 is 0 Å². The number of aromatic nitrogens is 1. The third-order valence-electron chi connectivity index (χ3n) is 2.68. The number of sulfone groups is 1. The van der Waals surface area contributed by atoms with Gasteiger partial charge in [-0.25, -0.2) is 8.42 Å². The summed E-state index contributed by atoms with van der Waals surface area (Å²) in [5.41, 5.74) is 2.99. The number of nitrogens with zero attached hydrogens (tertiary/aromatic N) is 1. The maximum absolute atomic E-state index is 11.1. The van der Waals surface area contributed by atoms with Crippen LogP contribution in [-0.2, 0) is 16.3 Å². The van der Waals surface area contributed by atoms with Gasteiger partial charge in [-0.15, -0.1) is 0 Å². The van der Waals surface area contributed by atoms with E-state index in [1.807, 2.05) is 36.4 Å². The van der Waals surface area contributed by atoms with Crippen molar-refractivity contribution in [3.05, 3.63) is 60.6 Å². The summed E-state index contributed by atoms with van der Waals surface area (Å²) in [6.07, 6.45) is 7.04. The van der Waals surface area contributed by atoms with Crippen LogP contribution in [0.25, 0.3) is 11.1 Å². The third-order valence-corrected chi connectivity index (χ3v) is 3.50. The van der Waals surface area contributed by atoms with E-state index < -0.39 is 9.84 Å². The zero-order valence-electron chi connectivity index (χ0n) is 9.91. The van der Waals surface area contributed by atoms with Crippen LogP contribution in [0.3, 0.4) is 0 Å². The lowest BCUT2D eigenvalue weighted by Crippen LogP contribution is -2.05. The Morgan fingerprint density at radius 3 is 2.50 bits per heavy atom. The molecule has 93 valence electrons. The number of pyridine rings is 1. The molecule has 1 aromatic carbocycles. The summed E-state index contributed by atoms with van der Waals surface area (Å²) >= 11 is 0. The normalized spacial score (nSPS) is 11.4. The average molecular weight is 260 g/mol. The van der Waals surface area contributed by atoms with E-state index in [0.29, 0.717) is 6.42 Å². The van der Waals surface area contributed by atoms with Crippen LogP contribution in [0.5, 0.6) is 0 Å². The van der Waals surface area contributed by atoms with Crippen LogP contribution in [0.4, 0.5) is 0 Å². The Hall–Kier alpha value is -1.68. The highest BCUT2D eigenvalue weighted by atomic mass is 32.2. The summed E-state index contributed by atoms with van der Waals surface area (Å²) in [6.45, 7) is 0. The molecule has 3 nitrogen and oxygen atoms in total. The lowest BCUT2D eigenvalue weighted by atomic mass is 10.0. The minimum atomic E-state index is -3.19. The van der Waals surface area contributed by atoms with Crippen molar-refractivity contribution >= 4 is 9.84 Å². The first-order valence-corrected chi connectivity index (χ1v) is 7.42. The van der Waals surface area contributed by atoms with Crippen LogP contribution in [0, 0.1) is 6.26 Å². The van der Waals surface area contributed by atoms with E-state index in [1.165, 1.54) is 0 Å². The molecule has 0 unspecified atom stereocenters. The van der Waals surface area contributed by atoms with Crippen molar-refractivity contribution < 1.29 is 8.42 Å². The molecule has 0 saturated carbocycles. The largest absolute Gasteiger partial charge is 0.264 e. The Kier molecular flexibility index (Phi) is 3.77. The van der Waals surface area contributed by atoms with E-state index in [9.17, 15) is 8.42 Å². The van der Waals surface area contributed by atoms with Crippen molar-refractivity contribution in [2.75, 3.05) is 5.75 Å². The second-order valence-corrected chi connectivity index (χ2v) is 5.99. The van der Waals surface area contributed by atoms with Gasteiger partial charge in [-0.05, 0) is 23.6 Å². The second kappa shape index (κ2) is 5.31. The Morgan fingerprint density at radius 2 is 1.83 bits per heavy atom. The SMILES string of the molecule is [CH2]S(=O)(=O)CCc1ccncc1-c1ccccc1. The van der Waals surface area contributed by atoms with Crippen molar-refractivity contribution in [1.82, 2.24) is 4.98 Å². The zero-order valence-corrected chi connectivity index (χ0v) is 10.7. The predicted octanol–water partition coefficient (Wildman–Crippen LogP) is 2.50. The van der Waals surface area contributed by atoms with Gasteiger partial charge in [0.05, 0.1) is 12.0 Å². The van der Waals surface area contributed by atoms with Crippen LogP contribution < -0.4 is 0 Å². The second-order valence-electron chi connectivity index (χ2n) is 4.10. The smallest absolute Gasteiger partial charge is 0.151 e. The van der Waals surface area contributed by atoms with E-state index in [-0.39, 0.29) is 5.75 Å². The highest BCUT2D eigenvalue weighted by molar-refractivity contribution is 7.92. The van der Waals surface area contributed by atoms with Crippen molar-refractivity contribution in [2.24, 2.45) is 0 Å². The summed E-state index contributed by atoms with van der Waals surface area (Å²) in [4.78, 5) is 4.10. The van der Waals surface area contributed by atoms with Gasteiger partial charge in [0.15, 0.2) is 9.84 Å². The summed E-state index contributed by atoms with van der Waals surface area (Å²) in [5, 5.41) is 0. The van der Waals surface area contributed by atoms with Gasteiger partial charge in [-0.3, -0.25) is 4.98 Å². The van der Waals surface area contributed by atoms with E-state index in [4.69, 9.17) is 0 Å². The molecule has 2 aromatic rings. The molecule has 0 aliphatic heterocycles. The molecule has 18 heavy (non-hydrogen) atoms. The van der Waals surface area contributed by atoms with Gasteiger partial charge in [0.2, 0.25) is 0 Å². The maximum atomic E-state index is 11.1. The minimum Gasteiger partial charge on any atom is -0.264 e. The summed E-state index contributed by atoms with van der Waals surface area (Å²) in [6, 6.07) is 11.7. The first-order valence-electron chi connectivity index (χ1n) is 5.60. The molecule has 0 amide bonds. The zero-order chi connectivity index (χ0) is 13.0. The van der Waals surface area contributed by atoms with Crippen LogP contribution >= 0.6 is 0 Å². The van der Waals surface area contributed by atoms with Crippen LogP contribution in [-0.4, -0.2) is 19.2 Å². The highest BCUT2D eigenvalue weighted by Crippen LogP contribution is 2.22. The molecule has 2 rings (SSSR count). The molecule has 1 heterocycles. The number of benzene rings is 1. The van der Waals surface area contributed by atoms with Gasteiger partial charge in [0.1, 0.15) is 0 Å². The van der Waals surface area contributed by atoms with E-state index in [1.54, 1.807) is 12.4 Å². The summed E-state index contributed by atoms with van der Waals surface area (Å²) < 4.78 is 22.3. The third kappa shape index (κ3) is 3.40. The van der Waals surface area contributed by atoms with E-state index in [0.717, 1.165) is 16.7 Å². The molecule has 0 atom stereocenters. The Bertz CT molecular complexity index is 621. The van der Waals surface area contributed by atoms with Crippen LogP contribution in [0.15, 0.2) is 48.8 Å². The molecule has 1 aromatic heterocycles. The Morgan fingerprint density at radius 1 is 1.11 bits per heavy atom. The van der Waals surface area contributed by atoms with Crippen molar-refractivity contribution in [2.45, 2.75) is 6.42 Å². The Balaban J connectivity index is 2.32. The van der Waals surface area contributed by atoms with Gasteiger partial charge in [0, 0.05) is 18.0 Å². The van der Waals surface area contributed by atoms with Crippen LogP contribution in [0.1, 0.15) is 5.56 Å². The molecule has 0 saturated heterocycles. The molecular formula is C14H14NO2S. The lowest BCUT2D eigenvalue weighted by Gasteiger charge is -2.08. The molecule has 0 aliphatic rings. The fourth-order valence-corrected chi connectivity index (χ4v) is 2.32. The van der Waals surface area contributed by atoms with Gasteiger partial charge in [-0.2, -0.15) is 0 Å². The van der Waals surface area contributed by atoms with Gasteiger partial charge < -0.3 is 0 Å². The number of rotatable bonds is 4. The number of hydrogen-bond donors (Lipinski definition) is 0. The van der Waals surface area contributed by atoms with E-state index >= 15 is 0 Å². The molecular weight excluding hydrogens is 246 g/mol. The fraction of sp³-hybridized carbons (Fsp3) is 0.143. The topological polar surface area (TPSA) is 47.0 Å². The summed E-state index contributed by atoms with van der Waals surface area (Å²) in [7, 11) is -3.19. The number of aryl methyl sites for hydroxylation is 1. The Labute approximate surface area is 107 Å². The van der Waals surface area contributed by atoms with Gasteiger partial charge in [0.25, 0.3) is 0 Å². The van der Waals surface area contributed by atoms with Crippen molar-refractivity contribution in [3.8, 4) is 11.1 Å². The first kappa shape index (κ1) is 12.8. The standard InChI is InChI=1S/C14H14NO2S/c1-18(16,17)10-8-13-7-9-15-11-14(13)12-5-3-2-4-6-12/h2-7,9,11H,1,8,10H2. The highest BCUT2D eigenvalue weighted by Gasteiger charge is 2.08. The van der Waals surface area contributed by atoms with E-state index in [2.05, 4.69) is 11.2 Å². The molecule has 0 bridgehead atoms. The van der Waals surface area contributed by atoms with Crippen molar-refractivity contribution in [1.29, 1.82) is 0 Å². The predicted molar refractivity (Wildman–Crippen MR) is 72.5 cm³/mol. The monoisotopic (exact) mass is 260 g/mol. The average Bonchev–Trinajstić information content (AvgIpc) is 2.37. The first-order chi connectivity index (χ1) is 8.56. The maximum Gasteiger partial charge on any atom is 0.151 e. The lowest BCUT2D eigenvalue weighted by molar-refractivity contribution is 0.603. The summed E-state index contributed by atoms with van der Waals surface area (Å²) in [5.74, 6) is 0.0524. The molecule has 0 fully saturated rings. The van der Waals surface area contributed by atoms with Crippen LogP contribution in [0.2, 0.25) is 0 Å². The molecule has 0 N–H and O–H groups in total. The minimum absolute atomic E-state index is 0.0524.